The van der Waals surface area contributed by atoms with Crippen LogP contribution in [-0.2, 0) is 4.74 Å². The minimum atomic E-state index is -0.0727. The number of rotatable bonds is 2. The van der Waals surface area contributed by atoms with Crippen LogP contribution in [0.25, 0.3) is 0 Å². The van der Waals surface area contributed by atoms with Gasteiger partial charge < -0.3 is 15.4 Å². The van der Waals surface area contributed by atoms with Crippen molar-refractivity contribution in [3.8, 4) is 0 Å². The lowest BCUT2D eigenvalue weighted by atomic mass is 10.1. The van der Waals surface area contributed by atoms with Gasteiger partial charge in [-0.05, 0) is 28.4 Å². The molecule has 98 valence electrons. The molecule has 0 aromatic carbocycles. The van der Waals surface area contributed by atoms with Crippen molar-refractivity contribution in [1.29, 1.82) is 0 Å². The van der Waals surface area contributed by atoms with Gasteiger partial charge in [-0.2, -0.15) is 0 Å². The Bertz CT molecular complexity index is 453. The first-order valence-corrected chi connectivity index (χ1v) is 6.72. The molecule has 0 spiro atoms. The van der Waals surface area contributed by atoms with Crippen LogP contribution in [0.15, 0.2) is 16.7 Å². The van der Waals surface area contributed by atoms with E-state index in [1.807, 2.05) is 11.8 Å². The van der Waals surface area contributed by atoms with Gasteiger partial charge in [-0.25, -0.2) is 4.98 Å². The molecule has 18 heavy (non-hydrogen) atoms. The van der Waals surface area contributed by atoms with Crippen LogP contribution in [0.1, 0.15) is 23.7 Å². The predicted molar refractivity (Wildman–Crippen MR) is 72.3 cm³/mol. The standard InChI is InChI=1S/C12H16BrN3O2/c1-2-9-7-18-4-3-16(9)12(17)10-5-8(13)6-15-11(10)14/h5-6,9H,2-4,7H2,1H3,(H2,14,15). The van der Waals surface area contributed by atoms with Gasteiger partial charge in [-0.1, -0.05) is 6.92 Å². The smallest absolute Gasteiger partial charge is 0.258 e. The molecule has 0 bridgehead atoms. The zero-order valence-corrected chi connectivity index (χ0v) is 11.8. The number of ether oxygens (including phenoxy) is 1. The van der Waals surface area contributed by atoms with E-state index >= 15 is 0 Å². The molecule has 0 aliphatic carbocycles. The second-order valence-electron chi connectivity index (χ2n) is 4.22. The number of morpholine rings is 1. The summed E-state index contributed by atoms with van der Waals surface area (Å²) in [5.74, 6) is 0.195. The lowest BCUT2D eigenvalue weighted by molar-refractivity contribution is -0.00276. The van der Waals surface area contributed by atoms with E-state index in [0.29, 0.717) is 25.3 Å². The van der Waals surface area contributed by atoms with Gasteiger partial charge >= 0.3 is 0 Å². The van der Waals surface area contributed by atoms with E-state index in [0.717, 1.165) is 10.9 Å². The Hall–Kier alpha value is -1.14. The molecule has 0 radical (unpaired) electrons. The molecule has 0 saturated carbocycles. The summed E-state index contributed by atoms with van der Waals surface area (Å²) in [7, 11) is 0. The maximum absolute atomic E-state index is 12.5. The molecule has 1 saturated heterocycles. The molecule has 5 nitrogen and oxygen atoms in total. The Kier molecular flexibility index (Phi) is 4.19. The number of amides is 1. The van der Waals surface area contributed by atoms with Crippen molar-refractivity contribution in [2.75, 3.05) is 25.5 Å². The molecule has 1 aliphatic rings. The molecule has 1 fully saturated rings. The molecule has 2 rings (SSSR count). The van der Waals surface area contributed by atoms with Crippen molar-refractivity contribution >= 4 is 27.7 Å². The van der Waals surface area contributed by atoms with Crippen LogP contribution in [0.4, 0.5) is 5.82 Å². The number of nitrogen functional groups attached to an aromatic ring is 1. The van der Waals surface area contributed by atoms with Crippen LogP contribution >= 0.6 is 15.9 Å². The summed E-state index contributed by atoms with van der Waals surface area (Å²) in [5.41, 5.74) is 6.22. The molecule has 6 heteroatoms. The van der Waals surface area contributed by atoms with Gasteiger partial charge in [0.1, 0.15) is 5.82 Å². The number of carbonyl (C=O) groups is 1. The third-order valence-electron chi connectivity index (χ3n) is 3.08. The Morgan fingerprint density at radius 3 is 3.22 bits per heavy atom. The van der Waals surface area contributed by atoms with Crippen molar-refractivity contribution < 1.29 is 9.53 Å². The van der Waals surface area contributed by atoms with Crippen LogP contribution in [-0.4, -0.2) is 41.6 Å². The highest BCUT2D eigenvalue weighted by Crippen LogP contribution is 2.20. The van der Waals surface area contributed by atoms with E-state index in [-0.39, 0.29) is 17.8 Å². The van der Waals surface area contributed by atoms with E-state index in [2.05, 4.69) is 20.9 Å². The first-order valence-electron chi connectivity index (χ1n) is 5.93. The normalized spacial score (nSPS) is 19.9. The summed E-state index contributed by atoms with van der Waals surface area (Å²) in [6.45, 7) is 3.80. The van der Waals surface area contributed by atoms with Crippen LogP contribution in [0.5, 0.6) is 0 Å². The number of hydrogen-bond acceptors (Lipinski definition) is 4. The average molecular weight is 314 g/mol. The number of pyridine rings is 1. The molecule has 1 atom stereocenters. The number of halogens is 1. The van der Waals surface area contributed by atoms with Crippen molar-refractivity contribution in [3.63, 3.8) is 0 Å². The zero-order valence-electron chi connectivity index (χ0n) is 10.2. The summed E-state index contributed by atoms with van der Waals surface area (Å²) in [6, 6.07) is 1.83. The quantitative estimate of drug-likeness (QED) is 0.902. The van der Waals surface area contributed by atoms with Gasteiger partial charge in [0.2, 0.25) is 0 Å². The monoisotopic (exact) mass is 313 g/mol. The second kappa shape index (κ2) is 5.67. The molecule has 2 N–H and O–H groups in total. The van der Waals surface area contributed by atoms with Crippen molar-refractivity contribution in [3.05, 3.63) is 22.3 Å². The Labute approximate surface area is 114 Å². The van der Waals surface area contributed by atoms with Crippen LogP contribution in [0.3, 0.4) is 0 Å². The van der Waals surface area contributed by atoms with Crippen molar-refractivity contribution in [2.24, 2.45) is 0 Å². The minimum Gasteiger partial charge on any atom is -0.383 e. The van der Waals surface area contributed by atoms with Crippen molar-refractivity contribution in [1.82, 2.24) is 9.88 Å². The van der Waals surface area contributed by atoms with E-state index in [4.69, 9.17) is 10.5 Å². The molecule has 2 heterocycles. The average Bonchev–Trinajstić information content (AvgIpc) is 2.40. The molecule has 1 aromatic rings. The summed E-state index contributed by atoms with van der Waals surface area (Å²) < 4.78 is 6.14. The number of anilines is 1. The van der Waals surface area contributed by atoms with E-state index < -0.39 is 0 Å². The van der Waals surface area contributed by atoms with Gasteiger partial charge in [-0.15, -0.1) is 0 Å². The summed E-state index contributed by atoms with van der Waals surface area (Å²) in [4.78, 5) is 18.3. The highest BCUT2D eigenvalue weighted by molar-refractivity contribution is 9.10. The van der Waals surface area contributed by atoms with Gasteiger partial charge in [-0.3, -0.25) is 4.79 Å². The van der Waals surface area contributed by atoms with E-state index in [1.54, 1.807) is 12.3 Å². The zero-order chi connectivity index (χ0) is 13.1. The predicted octanol–water partition coefficient (Wildman–Crippen LogP) is 1.68. The van der Waals surface area contributed by atoms with E-state index in [9.17, 15) is 4.79 Å². The number of hydrogen-bond donors (Lipinski definition) is 1. The number of aromatic nitrogens is 1. The third kappa shape index (κ3) is 2.64. The van der Waals surface area contributed by atoms with Gasteiger partial charge in [0.15, 0.2) is 0 Å². The third-order valence-corrected chi connectivity index (χ3v) is 3.51. The molecule has 1 unspecified atom stereocenters. The molecule has 1 aliphatic heterocycles. The van der Waals surface area contributed by atoms with E-state index in [1.165, 1.54) is 0 Å². The number of nitrogens with zero attached hydrogens (tertiary/aromatic N) is 2. The van der Waals surface area contributed by atoms with Gasteiger partial charge in [0, 0.05) is 17.2 Å². The lowest BCUT2D eigenvalue weighted by Gasteiger charge is -2.35. The Balaban J connectivity index is 2.26. The van der Waals surface area contributed by atoms with Crippen LogP contribution < -0.4 is 5.73 Å². The fourth-order valence-corrected chi connectivity index (χ4v) is 2.37. The second-order valence-corrected chi connectivity index (χ2v) is 5.14. The number of carbonyl (C=O) groups excluding carboxylic acids is 1. The highest BCUT2D eigenvalue weighted by atomic mass is 79.9. The fraction of sp³-hybridized carbons (Fsp3) is 0.500. The molecular weight excluding hydrogens is 298 g/mol. The minimum absolute atomic E-state index is 0.0727. The maximum Gasteiger partial charge on any atom is 0.258 e. The fourth-order valence-electron chi connectivity index (χ4n) is 2.04. The lowest BCUT2D eigenvalue weighted by Crippen LogP contribution is -2.48. The Morgan fingerprint density at radius 1 is 1.72 bits per heavy atom. The van der Waals surface area contributed by atoms with Gasteiger partial charge in [0.25, 0.3) is 5.91 Å². The SMILES string of the molecule is CCC1COCCN1C(=O)c1cc(Br)cnc1N. The highest BCUT2D eigenvalue weighted by Gasteiger charge is 2.28. The van der Waals surface area contributed by atoms with Gasteiger partial charge in [0.05, 0.1) is 24.8 Å². The van der Waals surface area contributed by atoms with Crippen LogP contribution in [0, 0.1) is 0 Å². The first-order chi connectivity index (χ1) is 8.63. The molecule has 1 amide bonds. The number of nitrogens with two attached hydrogens (primary N) is 1. The molecule has 1 aromatic heterocycles. The summed E-state index contributed by atoms with van der Waals surface area (Å²) in [6.07, 6.45) is 2.45. The van der Waals surface area contributed by atoms with Crippen molar-refractivity contribution in [2.45, 2.75) is 19.4 Å². The topological polar surface area (TPSA) is 68.5 Å². The summed E-state index contributed by atoms with van der Waals surface area (Å²) >= 11 is 3.31. The largest absolute Gasteiger partial charge is 0.383 e. The summed E-state index contributed by atoms with van der Waals surface area (Å²) in [5, 5.41) is 0. The molecular formula is C12H16BrN3O2. The Morgan fingerprint density at radius 2 is 2.50 bits per heavy atom. The maximum atomic E-state index is 12.5. The first kappa shape index (κ1) is 13.3. The van der Waals surface area contributed by atoms with Crippen LogP contribution in [0.2, 0.25) is 0 Å².